The summed E-state index contributed by atoms with van der Waals surface area (Å²) in [4.78, 5) is 37.5. The van der Waals surface area contributed by atoms with Crippen LogP contribution in [-0.4, -0.2) is 34.2 Å². The Morgan fingerprint density at radius 3 is 2.48 bits per heavy atom. The summed E-state index contributed by atoms with van der Waals surface area (Å²) >= 11 is 12.0. The molecule has 7 nitrogen and oxygen atoms in total. The predicted molar refractivity (Wildman–Crippen MR) is 112 cm³/mol. The van der Waals surface area contributed by atoms with Gasteiger partial charge in [-0.05, 0) is 31.5 Å². The lowest BCUT2D eigenvalue weighted by atomic mass is 10.1. The molecule has 9 heteroatoms. The predicted octanol–water partition coefficient (Wildman–Crippen LogP) is 4.00. The van der Waals surface area contributed by atoms with Gasteiger partial charge in [-0.15, -0.1) is 0 Å². The second-order valence-corrected chi connectivity index (χ2v) is 7.22. The molecule has 2 aromatic rings. The van der Waals surface area contributed by atoms with Gasteiger partial charge in [0.1, 0.15) is 6.04 Å². The molecule has 0 aliphatic carbocycles. The molecular formula is C20H21Cl2N3O4. The van der Waals surface area contributed by atoms with Crippen molar-refractivity contribution in [2.45, 2.75) is 32.9 Å². The van der Waals surface area contributed by atoms with E-state index < -0.39 is 16.9 Å². The van der Waals surface area contributed by atoms with Crippen LogP contribution in [0.5, 0.6) is 0 Å². The van der Waals surface area contributed by atoms with Crippen LogP contribution in [-0.2, 0) is 22.6 Å². The van der Waals surface area contributed by atoms with Crippen LogP contribution < -0.4 is 5.32 Å². The number of nitrogens with zero attached hydrogens (tertiary/aromatic N) is 2. The van der Waals surface area contributed by atoms with Crippen molar-refractivity contribution in [1.29, 1.82) is 0 Å². The first kappa shape index (κ1) is 22.6. The molecule has 0 aromatic heterocycles. The van der Waals surface area contributed by atoms with Crippen molar-refractivity contribution in [3.8, 4) is 0 Å². The van der Waals surface area contributed by atoms with Crippen molar-refractivity contribution in [2.75, 3.05) is 6.54 Å². The standard InChI is InChI=1S/C20H21Cl2N3O4/c1-3-23-20(27)13(2)24(12-14-8-9-16(21)17(22)10-14)19(26)11-15-6-4-5-7-18(15)25(28)29/h4-10,13H,3,11-12H2,1-2H3,(H,23,27)/t13-/m0/s1. The van der Waals surface area contributed by atoms with Crippen LogP contribution in [0.3, 0.4) is 0 Å². The number of hydrogen-bond donors (Lipinski definition) is 1. The number of para-hydroxylation sites is 1. The zero-order valence-corrected chi connectivity index (χ0v) is 17.5. The molecule has 1 atom stereocenters. The summed E-state index contributed by atoms with van der Waals surface area (Å²) in [6.07, 6.45) is -0.206. The maximum absolute atomic E-state index is 13.1. The van der Waals surface area contributed by atoms with Crippen LogP contribution >= 0.6 is 23.2 Å². The third-order valence-corrected chi connectivity index (χ3v) is 5.12. The first-order valence-corrected chi connectivity index (χ1v) is 9.73. The Balaban J connectivity index is 2.33. The van der Waals surface area contributed by atoms with Crippen LogP contribution in [0.15, 0.2) is 42.5 Å². The number of nitro groups is 1. The maximum atomic E-state index is 13.1. The van der Waals surface area contributed by atoms with E-state index in [9.17, 15) is 19.7 Å². The van der Waals surface area contributed by atoms with Gasteiger partial charge in [-0.25, -0.2) is 0 Å². The first-order valence-electron chi connectivity index (χ1n) is 8.98. The van der Waals surface area contributed by atoms with E-state index in [1.807, 2.05) is 0 Å². The van der Waals surface area contributed by atoms with E-state index in [0.717, 1.165) is 0 Å². The second kappa shape index (κ2) is 10.2. The molecule has 0 aliphatic heterocycles. The van der Waals surface area contributed by atoms with Gasteiger partial charge in [0, 0.05) is 24.7 Å². The van der Waals surface area contributed by atoms with Crippen molar-refractivity contribution < 1.29 is 14.5 Å². The quantitative estimate of drug-likeness (QED) is 0.498. The van der Waals surface area contributed by atoms with E-state index >= 15 is 0 Å². The highest BCUT2D eigenvalue weighted by atomic mass is 35.5. The Labute approximate surface area is 178 Å². The number of rotatable bonds is 8. The molecule has 0 fully saturated rings. The monoisotopic (exact) mass is 437 g/mol. The van der Waals surface area contributed by atoms with Crippen molar-refractivity contribution in [2.24, 2.45) is 0 Å². The minimum Gasteiger partial charge on any atom is -0.355 e. The summed E-state index contributed by atoms with van der Waals surface area (Å²) in [5.41, 5.74) is 0.831. The van der Waals surface area contributed by atoms with Crippen LogP contribution in [0.1, 0.15) is 25.0 Å². The fourth-order valence-electron chi connectivity index (χ4n) is 2.84. The number of nitro benzene ring substituents is 1. The zero-order valence-electron chi connectivity index (χ0n) is 16.0. The van der Waals surface area contributed by atoms with Crippen LogP contribution in [0, 0.1) is 10.1 Å². The van der Waals surface area contributed by atoms with E-state index in [4.69, 9.17) is 23.2 Å². The molecule has 0 spiro atoms. The Kier molecular flexibility index (Phi) is 7.99. The van der Waals surface area contributed by atoms with Gasteiger partial charge in [0.25, 0.3) is 5.69 Å². The van der Waals surface area contributed by atoms with Gasteiger partial charge < -0.3 is 10.2 Å². The number of benzene rings is 2. The molecule has 0 saturated carbocycles. The third kappa shape index (κ3) is 5.92. The Bertz CT molecular complexity index is 920. The molecule has 154 valence electrons. The van der Waals surface area contributed by atoms with E-state index in [-0.39, 0.29) is 30.1 Å². The molecule has 1 N–H and O–H groups in total. The summed E-state index contributed by atoms with van der Waals surface area (Å²) < 4.78 is 0. The molecule has 2 amide bonds. The van der Waals surface area contributed by atoms with Crippen molar-refractivity contribution in [1.82, 2.24) is 10.2 Å². The lowest BCUT2D eigenvalue weighted by molar-refractivity contribution is -0.385. The number of hydrogen-bond acceptors (Lipinski definition) is 4. The van der Waals surface area contributed by atoms with E-state index in [1.165, 1.54) is 23.1 Å². The van der Waals surface area contributed by atoms with Gasteiger partial charge in [-0.3, -0.25) is 19.7 Å². The first-order chi connectivity index (χ1) is 13.7. The number of carbonyl (C=O) groups is 2. The van der Waals surface area contributed by atoms with Crippen LogP contribution in [0.2, 0.25) is 10.0 Å². The SMILES string of the molecule is CCNC(=O)[C@H](C)N(Cc1ccc(Cl)c(Cl)c1)C(=O)Cc1ccccc1[N+](=O)[O-]. The fraction of sp³-hybridized carbons (Fsp3) is 0.300. The summed E-state index contributed by atoms with van der Waals surface area (Å²) in [5.74, 6) is -0.729. The van der Waals surface area contributed by atoms with Gasteiger partial charge in [0.05, 0.1) is 21.4 Å². The lowest BCUT2D eigenvalue weighted by Crippen LogP contribution is -2.48. The number of carbonyl (C=O) groups excluding carboxylic acids is 2. The van der Waals surface area contributed by atoms with Gasteiger partial charge in [-0.1, -0.05) is 47.5 Å². The van der Waals surface area contributed by atoms with E-state index in [0.29, 0.717) is 22.2 Å². The van der Waals surface area contributed by atoms with Crippen LogP contribution in [0.25, 0.3) is 0 Å². The topological polar surface area (TPSA) is 92.6 Å². The molecule has 0 heterocycles. The fourth-order valence-corrected chi connectivity index (χ4v) is 3.16. The maximum Gasteiger partial charge on any atom is 0.273 e. The van der Waals surface area contributed by atoms with Gasteiger partial charge >= 0.3 is 0 Å². The Morgan fingerprint density at radius 1 is 1.17 bits per heavy atom. The highest BCUT2D eigenvalue weighted by Gasteiger charge is 2.27. The van der Waals surface area contributed by atoms with Crippen molar-refractivity contribution in [3.63, 3.8) is 0 Å². The van der Waals surface area contributed by atoms with Gasteiger partial charge in [0.15, 0.2) is 0 Å². The molecule has 0 saturated heterocycles. The third-order valence-electron chi connectivity index (χ3n) is 4.39. The largest absolute Gasteiger partial charge is 0.355 e. The van der Waals surface area contributed by atoms with E-state index in [1.54, 1.807) is 38.1 Å². The van der Waals surface area contributed by atoms with Gasteiger partial charge in [0.2, 0.25) is 11.8 Å². The van der Waals surface area contributed by atoms with Gasteiger partial charge in [-0.2, -0.15) is 0 Å². The summed E-state index contributed by atoms with van der Waals surface area (Å²) in [6.45, 7) is 3.92. The highest BCUT2D eigenvalue weighted by molar-refractivity contribution is 6.42. The molecule has 0 radical (unpaired) electrons. The van der Waals surface area contributed by atoms with E-state index in [2.05, 4.69) is 5.32 Å². The molecule has 0 bridgehead atoms. The van der Waals surface area contributed by atoms with Crippen molar-refractivity contribution in [3.05, 3.63) is 73.8 Å². The Hall–Kier alpha value is -2.64. The van der Waals surface area contributed by atoms with Crippen LogP contribution in [0.4, 0.5) is 5.69 Å². The average Bonchev–Trinajstić information content (AvgIpc) is 2.68. The molecule has 29 heavy (non-hydrogen) atoms. The Morgan fingerprint density at radius 2 is 1.86 bits per heavy atom. The number of likely N-dealkylation sites (N-methyl/N-ethyl adjacent to an activating group) is 1. The summed E-state index contributed by atoms with van der Waals surface area (Å²) in [5, 5.41) is 14.7. The number of halogens is 2. The van der Waals surface area contributed by atoms with Crippen molar-refractivity contribution >= 4 is 40.7 Å². The average molecular weight is 438 g/mol. The smallest absolute Gasteiger partial charge is 0.273 e. The zero-order chi connectivity index (χ0) is 21.6. The molecule has 2 rings (SSSR count). The summed E-state index contributed by atoms with van der Waals surface area (Å²) in [6, 6.07) is 10.2. The second-order valence-electron chi connectivity index (χ2n) is 6.40. The highest BCUT2D eigenvalue weighted by Crippen LogP contribution is 2.25. The number of amides is 2. The molecular weight excluding hydrogens is 417 g/mol. The molecule has 0 aliphatic rings. The normalized spacial score (nSPS) is 11.6. The summed E-state index contributed by atoms with van der Waals surface area (Å²) in [7, 11) is 0. The minimum atomic E-state index is -0.778. The molecule has 2 aromatic carbocycles. The number of nitrogens with one attached hydrogen (secondary N) is 1. The lowest BCUT2D eigenvalue weighted by Gasteiger charge is -2.29. The minimum absolute atomic E-state index is 0.106. The molecule has 0 unspecified atom stereocenters.